The number of benzene rings is 1. The first-order chi connectivity index (χ1) is 7.70. The zero-order chi connectivity index (χ0) is 11.5. The number of hydrogen-bond acceptors (Lipinski definition) is 4. The fourth-order valence-corrected chi connectivity index (χ4v) is 1.75. The summed E-state index contributed by atoms with van der Waals surface area (Å²) in [4.78, 5) is 11.2. The lowest BCUT2D eigenvalue weighted by molar-refractivity contribution is -0.143. The Morgan fingerprint density at radius 1 is 1.56 bits per heavy atom. The second-order valence-corrected chi connectivity index (χ2v) is 3.94. The van der Waals surface area contributed by atoms with Gasteiger partial charge >= 0.3 is 5.97 Å². The molecule has 86 valence electrons. The normalized spacial score (nSPS) is 19.6. The van der Waals surface area contributed by atoms with Gasteiger partial charge in [0.05, 0.1) is 11.6 Å². The second kappa shape index (κ2) is 4.72. The smallest absolute Gasteiger partial charge is 0.347 e. The molecule has 1 aliphatic heterocycles. The molecule has 0 amide bonds. The predicted octanol–water partition coefficient (Wildman–Crippen LogP) is 1.49. The van der Waals surface area contributed by atoms with Gasteiger partial charge in [-0.2, -0.15) is 0 Å². The number of rotatable bonds is 3. The van der Waals surface area contributed by atoms with Crippen molar-refractivity contribution in [3.05, 3.63) is 28.8 Å². The van der Waals surface area contributed by atoms with E-state index in [1.54, 1.807) is 12.1 Å². The number of carbonyl (C=O) groups is 1. The molecule has 0 aliphatic carbocycles. The largest absolute Gasteiger partial charge is 0.477 e. The lowest BCUT2D eigenvalue weighted by atomic mass is 10.2. The molecule has 2 N–H and O–H groups in total. The molecular weight excluding hydrogens is 230 g/mol. The molecule has 0 aromatic heterocycles. The van der Waals surface area contributed by atoms with E-state index in [-0.39, 0.29) is 5.97 Å². The van der Waals surface area contributed by atoms with Crippen LogP contribution in [0.3, 0.4) is 0 Å². The monoisotopic (exact) mass is 241 g/mol. The first-order valence-electron chi connectivity index (χ1n) is 5.02. The van der Waals surface area contributed by atoms with Crippen molar-refractivity contribution in [2.24, 2.45) is 5.73 Å². The highest BCUT2D eigenvalue weighted by molar-refractivity contribution is 6.32. The Kier molecular flexibility index (Phi) is 3.31. The van der Waals surface area contributed by atoms with Gasteiger partial charge in [0.1, 0.15) is 5.75 Å². The third-order valence-electron chi connectivity index (χ3n) is 2.39. The summed E-state index contributed by atoms with van der Waals surface area (Å²) in [6.45, 7) is 0.827. The van der Waals surface area contributed by atoms with Crippen LogP contribution in [0.4, 0.5) is 0 Å². The van der Waals surface area contributed by atoms with Crippen LogP contribution in [0.25, 0.3) is 0 Å². The van der Waals surface area contributed by atoms with Gasteiger partial charge < -0.3 is 15.2 Å². The summed E-state index contributed by atoms with van der Waals surface area (Å²) in [5.41, 5.74) is 6.40. The van der Waals surface area contributed by atoms with Crippen LogP contribution in [0.5, 0.6) is 5.75 Å². The SMILES string of the molecule is NCc1ccc(OC2CCOC2=O)c(Cl)c1. The molecule has 16 heavy (non-hydrogen) atoms. The third kappa shape index (κ3) is 2.28. The van der Waals surface area contributed by atoms with Gasteiger partial charge in [-0.3, -0.25) is 0 Å². The van der Waals surface area contributed by atoms with E-state index in [2.05, 4.69) is 0 Å². The standard InChI is InChI=1S/C11H12ClNO3/c12-8-5-7(6-13)1-2-9(8)16-10-3-4-15-11(10)14/h1-2,5,10H,3-4,6,13H2. The minimum absolute atomic E-state index is 0.334. The first-order valence-corrected chi connectivity index (χ1v) is 5.40. The summed E-state index contributed by atoms with van der Waals surface area (Å²) in [5.74, 6) is 0.154. The van der Waals surface area contributed by atoms with Gasteiger partial charge in [0, 0.05) is 13.0 Å². The molecule has 1 saturated heterocycles. The zero-order valence-electron chi connectivity index (χ0n) is 8.61. The van der Waals surface area contributed by atoms with E-state index in [9.17, 15) is 4.79 Å². The number of nitrogens with two attached hydrogens (primary N) is 1. The van der Waals surface area contributed by atoms with E-state index < -0.39 is 6.10 Å². The zero-order valence-corrected chi connectivity index (χ0v) is 9.37. The molecule has 1 aliphatic rings. The average molecular weight is 242 g/mol. The summed E-state index contributed by atoms with van der Waals surface area (Å²) in [6, 6.07) is 5.27. The van der Waals surface area contributed by atoms with Crippen molar-refractivity contribution >= 4 is 17.6 Å². The lowest BCUT2D eigenvalue weighted by Crippen LogP contribution is -2.21. The minimum atomic E-state index is -0.541. The van der Waals surface area contributed by atoms with E-state index >= 15 is 0 Å². The number of cyclic esters (lactones) is 1. The predicted molar refractivity (Wildman–Crippen MR) is 59.3 cm³/mol. The maximum atomic E-state index is 11.2. The number of carbonyl (C=O) groups excluding carboxylic acids is 1. The Balaban J connectivity index is 2.12. The van der Waals surface area contributed by atoms with Gasteiger partial charge in [0.25, 0.3) is 0 Å². The highest BCUT2D eigenvalue weighted by atomic mass is 35.5. The molecule has 1 fully saturated rings. The molecule has 0 bridgehead atoms. The summed E-state index contributed by atoms with van der Waals surface area (Å²) in [7, 11) is 0. The van der Waals surface area contributed by atoms with Gasteiger partial charge in [-0.15, -0.1) is 0 Å². The molecule has 4 nitrogen and oxygen atoms in total. The Hall–Kier alpha value is -1.26. The molecule has 0 radical (unpaired) electrons. The van der Waals surface area contributed by atoms with E-state index in [1.165, 1.54) is 0 Å². The Labute approximate surface area is 98.3 Å². The van der Waals surface area contributed by atoms with Crippen molar-refractivity contribution in [1.82, 2.24) is 0 Å². The number of hydrogen-bond donors (Lipinski definition) is 1. The van der Waals surface area contributed by atoms with Crippen LogP contribution in [0, 0.1) is 0 Å². The molecule has 2 rings (SSSR count). The average Bonchev–Trinajstić information content (AvgIpc) is 2.67. The van der Waals surface area contributed by atoms with E-state index in [1.807, 2.05) is 6.07 Å². The van der Waals surface area contributed by atoms with Gasteiger partial charge in [0.2, 0.25) is 0 Å². The van der Waals surface area contributed by atoms with E-state index in [0.717, 1.165) is 5.56 Å². The van der Waals surface area contributed by atoms with Gasteiger partial charge in [-0.25, -0.2) is 4.79 Å². The number of ether oxygens (including phenoxy) is 2. The first kappa shape index (κ1) is 11.2. The van der Waals surface area contributed by atoms with Crippen LogP contribution in [0.1, 0.15) is 12.0 Å². The fraction of sp³-hybridized carbons (Fsp3) is 0.364. The van der Waals surface area contributed by atoms with Gasteiger partial charge in [-0.05, 0) is 17.7 Å². The van der Waals surface area contributed by atoms with Crippen LogP contribution in [-0.4, -0.2) is 18.7 Å². The lowest BCUT2D eigenvalue weighted by Gasteiger charge is -2.11. The van der Waals surface area contributed by atoms with Crippen LogP contribution in [-0.2, 0) is 16.1 Å². The third-order valence-corrected chi connectivity index (χ3v) is 2.68. The maximum absolute atomic E-state index is 11.2. The minimum Gasteiger partial charge on any atom is -0.477 e. The molecule has 1 atom stereocenters. The summed E-state index contributed by atoms with van der Waals surface area (Å²) in [5, 5.41) is 0.461. The molecule has 1 aromatic carbocycles. The Bertz CT molecular complexity index is 408. The van der Waals surface area contributed by atoms with Crippen molar-refractivity contribution in [2.75, 3.05) is 6.61 Å². The molecule has 0 saturated carbocycles. The molecule has 5 heteroatoms. The highest BCUT2D eigenvalue weighted by Crippen LogP contribution is 2.27. The fourth-order valence-electron chi connectivity index (χ4n) is 1.50. The summed E-state index contributed by atoms with van der Waals surface area (Å²) < 4.78 is 10.3. The molecular formula is C11H12ClNO3. The van der Waals surface area contributed by atoms with E-state index in [4.69, 9.17) is 26.8 Å². The van der Waals surface area contributed by atoms with Crippen molar-refractivity contribution in [2.45, 2.75) is 19.1 Å². The van der Waals surface area contributed by atoms with Crippen molar-refractivity contribution in [3.8, 4) is 5.75 Å². The maximum Gasteiger partial charge on any atom is 0.347 e. The van der Waals surface area contributed by atoms with Gasteiger partial charge in [-0.1, -0.05) is 17.7 Å². The van der Waals surface area contributed by atoms with Crippen LogP contribution in [0.15, 0.2) is 18.2 Å². The van der Waals surface area contributed by atoms with Crippen molar-refractivity contribution in [3.63, 3.8) is 0 Å². The van der Waals surface area contributed by atoms with Crippen LogP contribution >= 0.6 is 11.6 Å². The molecule has 1 heterocycles. The number of esters is 1. The summed E-state index contributed by atoms with van der Waals surface area (Å²) in [6.07, 6.45) is 0.0228. The van der Waals surface area contributed by atoms with Crippen molar-refractivity contribution in [1.29, 1.82) is 0 Å². The Morgan fingerprint density at radius 2 is 2.38 bits per heavy atom. The Morgan fingerprint density at radius 3 is 2.94 bits per heavy atom. The molecule has 1 unspecified atom stereocenters. The van der Waals surface area contributed by atoms with Gasteiger partial charge in [0.15, 0.2) is 6.10 Å². The summed E-state index contributed by atoms with van der Waals surface area (Å²) >= 11 is 6.00. The quantitative estimate of drug-likeness (QED) is 0.815. The number of halogens is 1. The van der Waals surface area contributed by atoms with Crippen LogP contribution < -0.4 is 10.5 Å². The highest BCUT2D eigenvalue weighted by Gasteiger charge is 2.28. The molecule has 0 spiro atoms. The topological polar surface area (TPSA) is 61.6 Å². The van der Waals surface area contributed by atoms with Crippen LogP contribution in [0.2, 0.25) is 5.02 Å². The second-order valence-electron chi connectivity index (χ2n) is 3.53. The van der Waals surface area contributed by atoms with Crippen molar-refractivity contribution < 1.29 is 14.3 Å². The molecule has 1 aromatic rings. The van der Waals surface area contributed by atoms with E-state index in [0.29, 0.717) is 30.3 Å².